The van der Waals surface area contributed by atoms with Crippen molar-refractivity contribution in [2.75, 3.05) is 27.2 Å². The number of nitrogens with one attached hydrogen (secondary N) is 1. The Kier molecular flexibility index (Phi) is 3.46. The number of hydrogen-bond acceptors (Lipinski definition) is 4. The minimum absolute atomic E-state index is 0.268. The maximum Gasteiger partial charge on any atom is 0.194 e. The minimum atomic E-state index is -0.339. The molecule has 0 bridgehead atoms. The second-order valence-electron chi connectivity index (χ2n) is 3.95. The van der Waals surface area contributed by atoms with E-state index in [9.17, 15) is 4.39 Å². The predicted octanol–water partition coefficient (Wildman–Crippen LogP) is 1.23. The second kappa shape index (κ2) is 5.03. The van der Waals surface area contributed by atoms with Gasteiger partial charge in [0.05, 0.1) is 13.7 Å². The zero-order valence-electron chi connectivity index (χ0n) is 10.0. The van der Waals surface area contributed by atoms with E-state index in [2.05, 4.69) is 10.3 Å². The van der Waals surface area contributed by atoms with E-state index in [4.69, 9.17) is 4.74 Å². The highest BCUT2D eigenvalue weighted by Crippen LogP contribution is 2.17. The molecule has 0 atom stereocenters. The van der Waals surface area contributed by atoms with Gasteiger partial charge in [-0.1, -0.05) is 6.07 Å². The van der Waals surface area contributed by atoms with Gasteiger partial charge in [-0.3, -0.25) is 4.99 Å². The summed E-state index contributed by atoms with van der Waals surface area (Å²) < 4.78 is 18.3. The van der Waals surface area contributed by atoms with E-state index in [1.54, 1.807) is 6.07 Å². The SMILES string of the molecule is COc1ccc(CNC2=NCCN2C)cc1F. The third-order valence-electron chi connectivity index (χ3n) is 2.73. The highest BCUT2D eigenvalue weighted by atomic mass is 19.1. The molecule has 0 aliphatic carbocycles. The summed E-state index contributed by atoms with van der Waals surface area (Å²) in [6.07, 6.45) is 0. The highest BCUT2D eigenvalue weighted by molar-refractivity contribution is 5.81. The number of nitrogens with zero attached hydrogens (tertiary/aromatic N) is 2. The zero-order chi connectivity index (χ0) is 12.3. The minimum Gasteiger partial charge on any atom is -0.494 e. The molecule has 0 radical (unpaired) electrons. The van der Waals surface area contributed by atoms with Gasteiger partial charge in [0.2, 0.25) is 0 Å². The number of ether oxygens (including phenoxy) is 1. The van der Waals surface area contributed by atoms with Crippen LogP contribution in [-0.2, 0) is 6.54 Å². The lowest BCUT2D eigenvalue weighted by molar-refractivity contribution is 0.386. The summed E-state index contributed by atoms with van der Waals surface area (Å²) in [4.78, 5) is 6.34. The van der Waals surface area contributed by atoms with Crippen molar-refractivity contribution < 1.29 is 9.13 Å². The average Bonchev–Trinajstić information content (AvgIpc) is 2.72. The van der Waals surface area contributed by atoms with E-state index in [0.717, 1.165) is 24.6 Å². The Balaban J connectivity index is 1.97. The van der Waals surface area contributed by atoms with Crippen LogP contribution in [0.4, 0.5) is 4.39 Å². The summed E-state index contributed by atoms with van der Waals surface area (Å²) >= 11 is 0. The van der Waals surface area contributed by atoms with Gasteiger partial charge < -0.3 is 15.0 Å². The average molecular weight is 237 g/mol. The zero-order valence-corrected chi connectivity index (χ0v) is 10.0. The number of halogens is 1. The number of aliphatic imine (C=N–C) groups is 1. The molecule has 92 valence electrons. The third kappa shape index (κ3) is 2.67. The molecule has 2 rings (SSSR count). The van der Waals surface area contributed by atoms with Gasteiger partial charge >= 0.3 is 0 Å². The number of likely N-dealkylation sites (N-methyl/N-ethyl adjacent to an activating group) is 1. The van der Waals surface area contributed by atoms with Crippen LogP contribution in [0.25, 0.3) is 0 Å². The molecule has 1 aromatic rings. The molecule has 1 heterocycles. The quantitative estimate of drug-likeness (QED) is 0.859. The number of methoxy groups -OCH3 is 1. The summed E-state index contributed by atoms with van der Waals surface area (Å²) in [5, 5.41) is 3.18. The van der Waals surface area contributed by atoms with Crippen LogP contribution in [0.15, 0.2) is 23.2 Å². The molecule has 0 saturated carbocycles. The Morgan fingerprint density at radius 2 is 2.35 bits per heavy atom. The Hall–Kier alpha value is -1.78. The molecular weight excluding hydrogens is 221 g/mol. The monoisotopic (exact) mass is 237 g/mol. The van der Waals surface area contributed by atoms with E-state index in [-0.39, 0.29) is 11.6 Å². The van der Waals surface area contributed by atoms with E-state index < -0.39 is 0 Å². The number of guanidine groups is 1. The van der Waals surface area contributed by atoms with Gasteiger partial charge in [-0.2, -0.15) is 0 Å². The van der Waals surface area contributed by atoms with Crippen molar-refractivity contribution in [3.8, 4) is 5.75 Å². The van der Waals surface area contributed by atoms with Gasteiger partial charge in [0.15, 0.2) is 17.5 Å². The molecule has 0 unspecified atom stereocenters. The number of benzene rings is 1. The largest absolute Gasteiger partial charge is 0.494 e. The third-order valence-corrected chi connectivity index (χ3v) is 2.73. The van der Waals surface area contributed by atoms with Crippen molar-refractivity contribution >= 4 is 5.96 Å². The smallest absolute Gasteiger partial charge is 0.194 e. The van der Waals surface area contributed by atoms with Crippen molar-refractivity contribution in [3.63, 3.8) is 0 Å². The first-order valence-corrected chi connectivity index (χ1v) is 5.52. The molecule has 0 aromatic heterocycles. The van der Waals surface area contributed by atoms with Crippen LogP contribution in [0, 0.1) is 5.82 Å². The van der Waals surface area contributed by atoms with Gasteiger partial charge in [-0.25, -0.2) is 4.39 Å². The topological polar surface area (TPSA) is 36.9 Å². The molecule has 0 fully saturated rings. The Morgan fingerprint density at radius 3 is 2.94 bits per heavy atom. The van der Waals surface area contributed by atoms with E-state index in [1.807, 2.05) is 18.0 Å². The summed E-state index contributed by atoms with van der Waals surface area (Å²) in [6, 6.07) is 4.94. The number of hydrogen-bond donors (Lipinski definition) is 1. The lowest BCUT2D eigenvalue weighted by atomic mass is 10.2. The Bertz CT molecular complexity index is 434. The van der Waals surface area contributed by atoms with Gasteiger partial charge in [0, 0.05) is 20.1 Å². The molecule has 17 heavy (non-hydrogen) atoms. The molecule has 1 aliphatic rings. The van der Waals surface area contributed by atoms with Crippen LogP contribution in [0.5, 0.6) is 5.75 Å². The van der Waals surface area contributed by atoms with Crippen LogP contribution < -0.4 is 10.1 Å². The standard InChI is InChI=1S/C12H16FN3O/c1-16-6-5-14-12(16)15-8-9-3-4-11(17-2)10(13)7-9/h3-4,7H,5-6,8H2,1-2H3,(H,14,15). The molecule has 5 heteroatoms. The summed E-state index contributed by atoms with van der Waals surface area (Å²) in [7, 11) is 3.44. The van der Waals surface area contributed by atoms with Crippen LogP contribution >= 0.6 is 0 Å². The first kappa shape index (κ1) is 11.7. The van der Waals surface area contributed by atoms with Crippen molar-refractivity contribution in [1.82, 2.24) is 10.2 Å². The Morgan fingerprint density at radius 1 is 1.53 bits per heavy atom. The maximum absolute atomic E-state index is 13.4. The number of rotatable bonds is 3. The fraction of sp³-hybridized carbons (Fsp3) is 0.417. The fourth-order valence-electron chi connectivity index (χ4n) is 1.72. The van der Waals surface area contributed by atoms with Crippen LogP contribution in [-0.4, -0.2) is 38.1 Å². The van der Waals surface area contributed by atoms with Crippen LogP contribution in [0.2, 0.25) is 0 Å². The van der Waals surface area contributed by atoms with Gasteiger partial charge in [0.1, 0.15) is 0 Å². The first-order chi connectivity index (χ1) is 8.20. The molecule has 1 aliphatic heterocycles. The second-order valence-corrected chi connectivity index (χ2v) is 3.95. The maximum atomic E-state index is 13.4. The van der Waals surface area contributed by atoms with Crippen molar-refractivity contribution in [2.24, 2.45) is 4.99 Å². The van der Waals surface area contributed by atoms with E-state index >= 15 is 0 Å². The molecule has 0 spiro atoms. The lowest BCUT2D eigenvalue weighted by Crippen LogP contribution is -2.35. The van der Waals surface area contributed by atoms with Crippen LogP contribution in [0.3, 0.4) is 0 Å². The molecule has 1 aromatic carbocycles. The van der Waals surface area contributed by atoms with Crippen molar-refractivity contribution in [2.45, 2.75) is 6.54 Å². The Labute approximate surface area is 100 Å². The predicted molar refractivity (Wildman–Crippen MR) is 64.7 cm³/mol. The van der Waals surface area contributed by atoms with Gasteiger partial charge in [-0.05, 0) is 17.7 Å². The normalized spacial score (nSPS) is 14.8. The van der Waals surface area contributed by atoms with E-state index in [1.165, 1.54) is 13.2 Å². The molecule has 0 amide bonds. The lowest BCUT2D eigenvalue weighted by Gasteiger charge is -2.15. The van der Waals surface area contributed by atoms with Gasteiger partial charge in [0.25, 0.3) is 0 Å². The first-order valence-electron chi connectivity index (χ1n) is 5.52. The van der Waals surface area contributed by atoms with Crippen molar-refractivity contribution in [3.05, 3.63) is 29.6 Å². The summed E-state index contributed by atoms with van der Waals surface area (Å²) in [5.74, 6) is 0.791. The fourth-order valence-corrected chi connectivity index (χ4v) is 1.72. The van der Waals surface area contributed by atoms with E-state index in [0.29, 0.717) is 6.54 Å². The summed E-state index contributed by atoms with van der Waals surface area (Å²) in [6.45, 7) is 2.30. The molecule has 4 nitrogen and oxygen atoms in total. The summed E-state index contributed by atoms with van der Waals surface area (Å²) in [5.41, 5.74) is 0.867. The molecule has 1 N–H and O–H groups in total. The van der Waals surface area contributed by atoms with Gasteiger partial charge in [-0.15, -0.1) is 0 Å². The molecule has 0 saturated heterocycles. The highest BCUT2D eigenvalue weighted by Gasteiger charge is 2.11. The molecular formula is C12H16FN3O. The van der Waals surface area contributed by atoms with Crippen LogP contribution in [0.1, 0.15) is 5.56 Å². The van der Waals surface area contributed by atoms with Crippen molar-refractivity contribution in [1.29, 1.82) is 0 Å².